The van der Waals surface area contributed by atoms with Crippen molar-refractivity contribution in [3.63, 3.8) is 0 Å². The monoisotopic (exact) mass is 941 g/mol. The molecule has 1 unspecified atom stereocenters. The van der Waals surface area contributed by atoms with Crippen molar-refractivity contribution in [3.05, 3.63) is 122 Å². The van der Waals surface area contributed by atoms with Crippen molar-refractivity contribution in [2.75, 3.05) is 19.8 Å². The van der Waals surface area contributed by atoms with Crippen LogP contribution < -0.4 is 0 Å². The minimum atomic E-state index is -0.571. The van der Waals surface area contributed by atoms with Gasteiger partial charge in [0, 0.05) is 19.4 Å². The Morgan fingerprint density at radius 3 is 1.06 bits per heavy atom. The van der Waals surface area contributed by atoms with Gasteiger partial charge in [-0.3, -0.25) is 9.59 Å². The molecule has 0 heterocycles. The van der Waals surface area contributed by atoms with Crippen LogP contribution in [0.15, 0.2) is 122 Å². The van der Waals surface area contributed by atoms with Gasteiger partial charge >= 0.3 is 11.9 Å². The summed E-state index contributed by atoms with van der Waals surface area (Å²) < 4.78 is 17.4. The molecular weight excluding hydrogens is 837 g/mol. The lowest BCUT2D eigenvalue weighted by molar-refractivity contribution is -0.163. The summed E-state index contributed by atoms with van der Waals surface area (Å²) in [5.74, 6) is -0.445. The molecule has 0 saturated heterocycles. The van der Waals surface area contributed by atoms with Gasteiger partial charge in [-0.15, -0.1) is 0 Å². The second-order valence-corrected chi connectivity index (χ2v) is 18.1. The lowest BCUT2D eigenvalue weighted by atomic mass is 10.1. The number of hydrogen-bond donors (Lipinski definition) is 0. The van der Waals surface area contributed by atoms with E-state index < -0.39 is 6.10 Å². The average molecular weight is 942 g/mol. The fraction of sp³-hybridized carbons (Fsp3) is 0.651. The molecule has 5 nitrogen and oxygen atoms in total. The van der Waals surface area contributed by atoms with Crippen molar-refractivity contribution in [2.45, 2.75) is 245 Å². The molecule has 0 amide bonds. The molecule has 0 radical (unpaired) electrons. The third kappa shape index (κ3) is 54.9. The summed E-state index contributed by atoms with van der Waals surface area (Å²) in [5.41, 5.74) is 0. The van der Waals surface area contributed by atoms with E-state index in [1.807, 2.05) is 0 Å². The molecule has 0 spiro atoms. The van der Waals surface area contributed by atoms with Gasteiger partial charge in [-0.05, 0) is 128 Å². The van der Waals surface area contributed by atoms with Crippen LogP contribution in [0, 0.1) is 0 Å². The molecule has 1 atom stereocenters. The van der Waals surface area contributed by atoms with Crippen LogP contribution in [0.2, 0.25) is 0 Å². The Morgan fingerprint density at radius 1 is 0.338 bits per heavy atom. The van der Waals surface area contributed by atoms with Crippen molar-refractivity contribution >= 4 is 11.9 Å². The van der Waals surface area contributed by atoms with Crippen molar-refractivity contribution < 1.29 is 23.8 Å². The van der Waals surface area contributed by atoms with E-state index in [1.165, 1.54) is 77.0 Å². The molecule has 0 aliphatic carbocycles. The number of rotatable bonds is 50. The molecule has 386 valence electrons. The van der Waals surface area contributed by atoms with Crippen LogP contribution in [0.25, 0.3) is 0 Å². The largest absolute Gasteiger partial charge is 0.462 e. The van der Waals surface area contributed by atoms with E-state index in [1.54, 1.807) is 0 Å². The lowest BCUT2D eigenvalue weighted by Gasteiger charge is -2.18. The zero-order chi connectivity index (χ0) is 49.2. The summed E-state index contributed by atoms with van der Waals surface area (Å²) in [5, 5.41) is 0. The topological polar surface area (TPSA) is 61.8 Å². The van der Waals surface area contributed by atoms with Gasteiger partial charge in [-0.25, -0.2) is 0 Å². The minimum absolute atomic E-state index is 0.0563. The fourth-order valence-electron chi connectivity index (χ4n) is 7.34. The van der Waals surface area contributed by atoms with E-state index in [9.17, 15) is 9.59 Å². The van der Waals surface area contributed by atoms with Crippen LogP contribution in [0.4, 0.5) is 0 Å². The van der Waals surface area contributed by atoms with E-state index in [0.29, 0.717) is 19.4 Å². The van der Waals surface area contributed by atoms with Crippen LogP contribution in [0.1, 0.15) is 239 Å². The normalized spacial score (nSPS) is 13.2. The maximum atomic E-state index is 12.8. The highest BCUT2D eigenvalue weighted by atomic mass is 16.6. The zero-order valence-corrected chi connectivity index (χ0v) is 44.3. The van der Waals surface area contributed by atoms with Crippen LogP contribution in [-0.2, 0) is 23.8 Å². The molecule has 0 fully saturated rings. The average Bonchev–Trinajstić information content (AvgIpc) is 3.34. The third-order valence-corrected chi connectivity index (χ3v) is 11.5. The van der Waals surface area contributed by atoms with Gasteiger partial charge in [0.25, 0.3) is 0 Å². The van der Waals surface area contributed by atoms with Gasteiger partial charge in [-0.2, -0.15) is 0 Å². The summed E-state index contributed by atoms with van der Waals surface area (Å²) in [7, 11) is 0. The Hall–Kier alpha value is -3.70. The van der Waals surface area contributed by atoms with Crippen molar-refractivity contribution in [1.29, 1.82) is 0 Å². The van der Waals surface area contributed by atoms with Crippen LogP contribution >= 0.6 is 0 Å². The summed E-state index contributed by atoms with van der Waals surface area (Å²) in [4.78, 5) is 25.5. The molecule has 0 aromatic heterocycles. The summed E-state index contributed by atoms with van der Waals surface area (Å²) in [6.45, 7) is 7.49. The number of carbonyl (C=O) groups excluding carboxylic acids is 2. The van der Waals surface area contributed by atoms with Crippen LogP contribution in [0.5, 0.6) is 0 Å². The first-order chi connectivity index (χ1) is 33.6. The van der Waals surface area contributed by atoms with Gasteiger partial charge in [0.1, 0.15) is 6.61 Å². The maximum Gasteiger partial charge on any atom is 0.306 e. The van der Waals surface area contributed by atoms with Gasteiger partial charge in [0.05, 0.1) is 6.61 Å². The highest BCUT2D eigenvalue weighted by Gasteiger charge is 2.17. The first-order valence-electron chi connectivity index (χ1n) is 28.1. The molecular formula is C63H104O5. The molecule has 0 bridgehead atoms. The van der Waals surface area contributed by atoms with Gasteiger partial charge < -0.3 is 14.2 Å². The van der Waals surface area contributed by atoms with E-state index in [0.717, 1.165) is 128 Å². The number of allylic oxidation sites excluding steroid dienone is 20. The molecule has 0 aromatic rings. The predicted molar refractivity (Wildman–Crippen MR) is 297 cm³/mol. The molecule has 0 rings (SSSR count). The van der Waals surface area contributed by atoms with Crippen LogP contribution in [0.3, 0.4) is 0 Å². The Bertz CT molecular complexity index is 1390. The lowest BCUT2D eigenvalue weighted by Crippen LogP contribution is -2.30. The first-order valence-corrected chi connectivity index (χ1v) is 28.1. The molecule has 5 heteroatoms. The van der Waals surface area contributed by atoms with Crippen molar-refractivity contribution in [2.24, 2.45) is 0 Å². The van der Waals surface area contributed by atoms with Gasteiger partial charge in [-0.1, -0.05) is 219 Å². The van der Waals surface area contributed by atoms with Crippen LogP contribution in [-0.4, -0.2) is 37.9 Å². The minimum Gasteiger partial charge on any atom is -0.462 e. The number of hydrogen-bond acceptors (Lipinski definition) is 5. The Balaban J connectivity index is 4.39. The molecule has 0 aromatic carbocycles. The fourth-order valence-corrected chi connectivity index (χ4v) is 7.34. The number of carbonyl (C=O) groups is 2. The zero-order valence-electron chi connectivity index (χ0n) is 44.3. The van der Waals surface area contributed by atoms with Crippen molar-refractivity contribution in [1.82, 2.24) is 0 Å². The number of unbranched alkanes of at least 4 members (excludes halogenated alkanes) is 19. The SMILES string of the molecule is CC/C=C\C/C=C\C/C=C\C/C=C\C/C=C\CCCCCCOCC(COC(=O)CCCCCCCCC/C=C\C/C=C\CCCCC)OC(=O)CCCCCCC/C=C\C/C=C\C/C=C\CC. The van der Waals surface area contributed by atoms with E-state index in [-0.39, 0.29) is 25.2 Å². The second-order valence-electron chi connectivity index (χ2n) is 18.1. The molecule has 68 heavy (non-hydrogen) atoms. The number of ether oxygens (including phenoxy) is 3. The van der Waals surface area contributed by atoms with Gasteiger partial charge in [0.15, 0.2) is 6.10 Å². The Labute approximate surface area is 420 Å². The van der Waals surface area contributed by atoms with E-state index in [4.69, 9.17) is 14.2 Å². The summed E-state index contributed by atoms with van der Waals surface area (Å²) in [6, 6.07) is 0. The summed E-state index contributed by atoms with van der Waals surface area (Å²) >= 11 is 0. The Kier molecular flexibility index (Phi) is 54.5. The molecule has 0 saturated carbocycles. The molecule has 0 aliphatic rings. The van der Waals surface area contributed by atoms with E-state index >= 15 is 0 Å². The molecule has 0 aliphatic heterocycles. The standard InChI is InChI=1S/C63H104O5/c1-4-7-10-13-16-19-22-25-28-30-31-32-34-37-40-43-46-49-52-55-58-66-59-61(68-63(65)57-54-51-48-45-42-39-35-27-24-21-18-15-12-9-6-3)60-67-62(64)56-53-50-47-44-41-38-36-33-29-26-23-20-17-14-11-8-5-2/h7,9-10,12,16-21,25-29,31-32,35,37,40,61H,4-6,8,11,13-15,22-24,30,33-34,36,38-39,41-60H2,1-3H3/b10-7-,12-9-,19-16-,20-17-,21-18-,28-25-,29-26-,32-31-,35-27-,40-37-. The van der Waals surface area contributed by atoms with E-state index in [2.05, 4.69) is 142 Å². The highest BCUT2D eigenvalue weighted by molar-refractivity contribution is 5.70. The van der Waals surface area contributed by atoms with Crippen molar-refractivity contribution in [3.8, 4) is 0 Å². The summed E-state index contributed by atoms with van der Waals surface area (Å²) in [6.07, 6.45) is 80.7. The second kappa shape index (κ2) is 57.6. The highest BCUT2D eigenvalue weighted by Crippen LogP contribution is 2.13. The quantitative estimate of drug-likeness (QED) is 0.0345. The predicted octanol–water partition coefficient (Wildman–Crippen LogP) is 19.3. The smallest absolute Gasteiger partial charge is 0.306 e. The maximum absolute atomic E-state index is 12.8. The third-order valence-electron chi connectivity index (χ3n) is 11.5. The Morgan fingerprint density at radius 2 is 0.662 bits per heavy atom. The first kappa shape index (κ1) is 64.3. The van der Waals surface area contributed by atoms with Gasteiger partial charge in [0.2, 0.25) is 0 Å². The molecule has 0 N–H and O–H groups in total. The number of esters is 2.